The molecule has 0 aromatic rings. The quantitative estimate of drug-likeness (QED) is 0.493. The number of hydrogen-bond acceptors (Lipinski definition) is 0. The van der Waals surface area contributed by atoms with Gasteiger partial charge >= 0.3 is 0 Å². The van der Waals surface area contributed by atoms with Crippen molar-refractivity contribution in [3.8, 4) is 0 Å². The molecule has 0 spiro atoms. The highest BCUT2D eigenvalue weighted by Gasteiger charge is 2.57. The van der Waals surface area contributed by atoms with Gasteiger partial charge in [0.1, 0.15) is 0 Å². The molecule has 0 saturated heterocycles. The first-order valence-electron chi connectivity index (χ1n) is 4.00. The van der Waals surface area contributed by atoms with E-state index in [4.69, 9.17) is 0 Å². The predicted octanol–water partition coefficient (Wildman–Crippen LogP) is 2.69. The van der Waals surface area contributed by atoms with E-state index in [1.54, 1.807) is 6.92 Å². The van der Waals surface area contributed by atoms with Crippen molar-refractivity contribution in [3.05, 3.63) is 0 Å². The van der Waals surface area contributed by atoms with Gasteiger partial charge in [0.05, 0.1) is 0 Å². The van der Waals surface area contributed by atoms with E-state index in [-0.39, 0.29) is 11.8 Å². The molecule has 0 aliphatic heterocycles. The maximum Gasteiger partial charge on any atom is 0.253 e. The zero-order chi connectivity index (χ0) is 7.35. The van der Waals surface area contributed by atoms with E-state index in [1.807, 2.05) is 0 Å². The second-order valence-corrected chi connectivity index (χ2v) is 3.73. The fourth-order valence-electron chi connectivity index (χ4n) is 2.51. The van der Waals surface area contributed by atoms with Crippen molar-refractivity contribution in [3.63, 3.8) is 0 Å². The van der Waals surface area contributed by atoms with Gasteiger partial charge in [-0.15, -0.1) is 0 Å². The van der Waals surface area contributed by atoms with Gasteiger partial charge in [0.2, 0.25) is 0 Å². The number of fused-ring (bicyclic) bond motifs is 2. The third-order valence-corrected chi connectivity index (χ3v) is 3.33. The van der Waals surface area contributed by atoms with Crippen LogP contribution in [0, 0.1) is 17.8 Å². The molecule has 0 nitrogen and oxygen atoms in total. The zero-order valence-corrected chi connectivity index (χ0v) is 6.11. The van der Waals surface area contributed by atoms with Crippen LogP contribution in [-0.4, -0.2) is 5.92 Å². The maximum absolute atomic E-state index is 13.0. The molecule has 0 unspecified atom stereocenters. The number of halogens is 2. The lowest BCUT2D eigenvalue weighted by atomic mass is 9.87. The van der Waals surface area contributed by atoms with Crippen LogP contribution in [0.2, 0.25) is 0 Å². The summed E-state index contributed by atoms with van der Waals surface area (Å²) in [4.78, 5) is 0. The molecule has 2 rings (SSSR count). The van der Waals surface area contributed by atoms with Gasteiger partial charge in [-0.05, 0) is 25.2 Å². The second-order valence-electron chi connectivity index (χ2n) is 3.73. The third kappa shape index (κ3) is 0.599. The highest BCUT2D eigenvalue weighted by Crippen LogP contribution is 2.56. The highest BCUT2D eigenvalue weighted by molar-refractivity contribution is 4.99. The normalized spacial score (nSPS) is 50.1. The molecule has 2 bridgehead atoms. The van der Waals surface area contributed by atoms with Crippen LogP contribution in [0.1, 0.15) is 26.2 Å². The van der Waals surface area contributed by atoms with E-state index in [0.717, 1.165) is 19.3 Å². The summed E-state index contributed by atoms with van der Waals surface area (Å²) in [6.07, 6.45) is 2.59. The smallest absolute Gasteiger partial charge is 0.206 e. The van der Waals surface area contributed by atoms with E-state index < -0.39 is 5.92 Å². The number of hydrogen-bond donors (Lipinski definition) is 0. The van der Waals surface area contributed by atoms with E-state index in [1.165, 1.54) is 0 Å². The van der Waals surface area contributed by atoms with Crippen LogP contribution < -0.4 is 0 Å². The van der Waals surface area contributed by atoms with Gasteiger partial charge < -0.3 is 0 Å². The van der Waals surface area contributed by atoms with Crippen LogP contribution in [0.5, 0.6) is 0 Å². The summed E-state index contributed by atoms with van der Waals surface area (Å²) in [5.41, 5.74) is 0. The van der Waals surface area contributed by atoms with E-state index in [2.05, 4.69) is 0 Å². The molecule has 0 amide bonds. The minimum absolute atomic E-state index is 0.271. The second kappa shape index (κ2) is 1.72. The van der Waals surface area contributed by atoms with Crippen LogP contribution in [0.15, 0.2) is 0 Å². The van der Waals surface area contributed by atoms with Crippen molar-refractivity contribution in [2.75, 3.05) is 0 Å². The van der Waals surface area contributed by atoms with Crippen LogP contribution in [0.3, 0.4) is 0 Å². The molecule has 2 saturated carbocycles. The Bertz CT molecular complexity index is 149. The fraction of sp³-hybridized carbons (Fsp3) is 1.00. The summed E-state index contributed by atoms with van der Waals surface area (Å²) in [6.45, 7) is 1.70. The molecule has 3 atom stereocenters. The van der Waals surface area contributed by atoms with Gasteiger partial charge in [-0.3, -0.25) is 0 Å². The maximum atomic E-state index is 13.0. The molecule has 2 aliphatic carbocycles. The lowest BCUT2D eigenvalue weighted by molar-refractivity contribution is -0.0911. The fourth-order valence-corrected chi connectivity index (χ4v) is 2.51. The molecule has 0 aromatic carbocycles. The monoisotopic (exact) mass is 146 g/mol. The summed E-state index contributed by atoms with van der Waals surface area (Å²) < 4.78 is 26.1. The molecule has 2 heteroatoms. The number of alkyl halides is 2. The third-order valence-electron chi connectivity index (χ3n) is 3.33. The van der Waals surface area contributed by atoms with Crippen molar-refractivity contribution in [2.45, 2.75) is 32.1 Å². The molecular formula is C8H12F2. The molecule has 10 heavy (non-hydrogen) atoms. The van der Waals surface area contributed by atoms with E-state index >= 15 is 0 Å². The van der Waals surface area contributed by atoms with Gasteiger partial charge in [-0.2, -0.15) is 0 Å². The van der Waals surface area contributed by atoms with Crippen molar-refractivity contribution in [1.82, 2.24) is 0 Å². The molecule has 2 aliphatic rings. The SMILES string of the molecule is C[C@H]1[C@H]2CC[C@H](C2)C1(F)F. The Balaban J connectivity index is 2.25. The summed E-state index contributed by atoms with van der Waals surface area (Å²) in [5, 5.41) is 0. The average molecular weight is 146 g/mol. The van der Waals surface area contributed by atoms with Crippen molar-refractivity contribution in [1.29, 1.82) is 0 Å². The predicted molar refractivity (Wildman–Crippen MR) is 34.9 cm³/mol. The minimum atomic E-state index is -2.33. The van der Waals surface area contributed by atoms with Crippen LogP contribution in [0.25, 0.3) is 0 Å². The molecule has 0 heterocycles. The average Bonchev–Trinajstić information content (AvgIpc) is 2.37. The summed E-state index contributed by atoms with van der Waals surface area (Å²) in [5.74, 6) is -2.61. The summed E-state index contributed by atoms with van der Waals surface area (Å²) in [7, 11) is 0. The van der Waals surface area contributed by atoms with Crippen LogP contribution in [-0.2, 0) is 0 Å². The van der Waals surface area contributed by atoms with Crippen molar-refractivity contribution < 1.29 is 8.78 Å². The van der Waals surface area contributed by atoms with E-state index in [0.29, 0.717) is 5.92 Å². The Hall–Kier alpha value is -0.140. The van der Waals surface area contributed by atoms with Gasteiger partial charge in [-0.25, -0.2) is 8.78 Å². The first kappa shape index (κ1) is 6.56. The Morgan fingerprint density at radius 3 is 2.30 bits per heavy atom. The van der Waals surface area contributed by atoms with Gasteiger partial charge in [-0.1, -0.05) is 6.92 Å². The molecule has 0 aromatic heterocycles. The highest BCUT2D eigenvalue weighted by atomic mass is 19.3. The Morgan fingerprint density at radius 2 is 2.00 bits per heavy atom. The first-order chi connectivity index (χ1) is 4.62. The molecule has 0 N–H and O–H groups in total. The van der Waals surface area contributed by atoms with Gasteiger partial charge in [0.25, 0.3) is 5.92 Å². The lowest BCUT2D eigenvalue weighted by Crippen LogP contribution is -2.32. The van der Waals surface area contributed by atoms with Crippen molar-refractivity contribution in [2.24, 2.45) is 17.8 Å². The van der Waals surface area contributed by atoms with Gasteiger partial charge in [0, 0.05) is 11.8 Å². The summed E-state index contributed by atoms with van der Waals surface area (Å²) >= 11 is 0. The van der Waals surface area contributed by atoms with Crippen LogP contribution in [0.4, 0.5) is 8.78 Å². The minimum Gasteiger partial charge on any atom is -0.206 e. The summed E-state index contributed by atoms with van der Waals surface area (Å²) in [6, 6.07) is 0. The molecule has 58 valence electrons. The van der Waals surface area contributed by atoms with Crippen molar-refractivity contribution >= 4 is 0 Å². The Labute approximate surface area is 59.6 Å². The standard InChI is InChI=1S/C8H12F2/c1-5-6-2-3-7(4-6)8(5,9)10/h5-7H,2-4H2,1H3/t5-,6-,7+/m0/s1. The van der Waals surface area contributed by atoms with E-state index in [9.17, 15) is 8.78 Å². The lowest BCUT2D eigenvalue weighted by Gasteiger charge is -2.27. The van der Waals surface area contributed by atoms with Crippen LogP contribution >= 0.6 is 0 Å². The van der Waals surface area contributed by atoms with Gasteiger partial charge in [0.15, 0.2) is 0 Å². The molecular weight excluding hydrogens is 134 g/mol. The largest absolute Gasteiger partial charge is 0.253 e. The Morgan fingerprint density at radius 1 is 1.30 bits per heavy atom. The molecule has 0 radical (unpaired) electrons. The Kier molecular flexibility index (Phi) is 1.13. The first-order valence-corrected chi connectivity index (χ1v) is 4.00. The topological polar surface area (TPSA) is 0 Å². The number of rotatable bonds is 0. The molecule has 2 fully saturated rings. The zero-order valence-electron chi connectivity index (χ0n) is 6.11.